The minimum Gasteiger partial charge on any atom is -0.497 e. The molecule has 0 unspecified atom stereocenters. The van der Waals surface area contributed by atoms with Crippen molar-refractivity contribution in [3.8, 4) is 5.75 Å². The number of nitrogens with zero attached hydrogens (tertiary/aromatic N) is 2. The maximum atomic E-state index is 12.3. The highest BCUT2D eigenvalue weighted by molar-refractivity contribution is 5.97. The summed E-state index contributed by atoms with van der Waals surface area (Å²) in [6.45, 7) is 3.71. The topological polar surface area (TPSA) is 32.8 Å². The average molecular weight is 290 g/mol. The fourth-order valence-electron chi connectivity index (χ4n) is 2.93. The third-order valence-electron chi connectivity index (χ3n) is 4.09. The van der Waals surface area contributed by atoms with Gasteiger partial charge in [0, 0.05) is 12.1 Å². The third kappa shape index (κ3) is 4.83. The van der Waals surface area contributed by atoms with Crippen LogP contribution in [0.4, 0.5) is 0 Å². The molecule has 0 bridgehead atoms. The number of piperidine rings is 1. The zero-order chi connectivity index (χ0) is 15.2. The van der Waals surface area contributed by atoms with E-state index < -0.39 is 0 Å². The molecule has 1 fully saturated rings. The third-order valence-corrected chi connectivity index (χ3v) is 4.09. The first kappa shape index (κ1) is 16.0. The van der Waals surface area contributed by atoms with Crippen LogP contribution in [0.2, 0.25) is 0 Å². The fourth-order valence-corrected chi connectivity index (χ4v) is 2.93. The number of hydrogen-bond acceptors (Lipinski definition) is 4. The quantitative estimate of drug-likeness (QED) is 0.752. The van der Waals surface area contributed by atoms with Crippen molar-refractivity contribution in [2.24, 2.45) is 5.92 Å². The summed E-state index contributed by atoms with van der Waals surface area (Å²) in [5, 5.41) is 0. The van der Waals surface area contributed by atoms with Crippen molar-refractivity contribution in [1.82, 2.24) is 9.80 Å². The lowest BCUT2D eigenvalue weighted by molar-refractivity contribution is 0.0885. The molecule has 1 aromatic carbocycles. The molecule has 0 radical (unpaired) electrons. The zero-order valence-corrected chi connectivity index (χ0v) is 13.3. The highest BCUT2D eigenvalue weighted by Gasteiger charge is 2.21. The second-order valence-corrected chi connectivity index (χ2v) is 6.14. The second kappa shape index (κ2) is 7.57. The van der Waals surface area contributed by atoms with Gasteiger partial charge in [-0.05, 0) is 58.1 Å². The number of ketones is 1. The molecule has 1 aliphatic heterocycles. The molecular weight excluding hydrogens is 264 g/mol. The van der Waals surface area contributed by atoms with E-state index in [9.17, 15) is 4.79 Å². The maximum absolute atomic E-state index is 12.3. The SMILES string of the molecule is COc1cccc(C(=O)CN2CCC(CN(C)C)CC2)c1. The molecule has 116 valence electrons. The molecule has 0 atom stereocenters. The van der Waals surface area contributed by atoms with E-state index in [2.05, 4.69) is 23.9 Å². The molecular formula is C17H26N2O2. The Labute approximate surface area is 127 Å². The van der Waals surface area contributed by atoms with E-state index >= 15 is 0 Å². The van der Waals surface area contributed by atoms with Gasteiger partial charge in [-0.15, -0.1) is 0 Å². The number of likely N-dealkylation sites (tertiary alicyclic amines) is 1. The van der Waals surface area contributed by atoms with Crippen LogP contribution >= 0.6 is 0 Å². The average Bonchev–Trinajstić information content (AvgIpc) is 2.49. The summed E-state index contributed by atoms with van der Waals surface area (Å²) in [6, 6.07) is 7.42. The number of hydrogen-bond donors (Lipinski definition) is 0. The van der Waals surface area contributed by atoms with Crippen LogP contribution in [0.15, 0.2) is 24.3 Å². The van der Waals surface area contributed by atoms with Gasteiger partial charge in [0.2, 0.25) is 0 Å². The lowest BCUT2D eigenvalue weighted by Gasteiger charge is -2.32. The van der Waals surface area contributed by atoms with Gasteiger partial charge in [0.15, 0.2) is 5.78 Å². The van der Waals surface area contributed by atoms with Gasteiger partial charge in [-0.2, -0.15) is 0 Å². The van der Waals surface area contributed by atoms with Crippen molar-refractivity contribution in [3.05, 3.63) is 29.8 Å². The lowest BCUT2D eigenvalue weighted by Crippen LogP contribution is -2.39. The molecule has 0 aromatic heterocycles. The Morgan fingerprint density at radius 3 is 2.67 bits per heavy atom. The maximum Gasteiger partial charge on any atom is 0.176 e. The Morgan fingerprint density at radius 1 is 1.33 bits per heavy atom. The Balaban J connectivity index is 1.84. The molecule has 1 aromatic rings. The molecule has 1 heterocycles. The summed E-state index contributed by atoms with van der Waals surface area (Å²) in [7, 11) is 5.87. The molecule has 1 aliphatic rings. The number of benzene rings is 1. The second-order valence-electron chi connectivity index (χ2n) is 6.14. The van der Waals surface area contributed by atoms with Gasteiger partial charge < -0.3 is 9.64 Å². The summed E-state index contributed by atoms with van der Waals surface area (Å²) >= 11 is 0. The summed E-state index contributed by atoms with van der Waals surface area (Å²) in [6.07, 6.45) is 2.37. The summed E-state index contributed by atoms with van der Waals surface area (Å²) in [4.78, 5) is 16.9. The van der Waals surface area contributed by atoms with Crippen molar-refractivity contribution in [2.75, 3.05) is 47.4 Å². The Morgan fingerprint density at radius 2 is 2.05 bits per heavy atom. The van der Waals surface area contributed by atoms with Crippen LogP contribution < -0.4 is 4.74 Å². The number of methoxy groups -OCH3 is 1. The van der Waals surface area contributed by atoms with Crippen LogP contribution in [0.25, 0.3) is 0 Å². The van der Waals surface area contributed by atoms with Gasteiger partial charge in [0.1, 0.15) is 5.75 Å². The predicted octanol–water partition coefficient (Wildman–Crippen LogP) is 2.15. The lowest BCUT2D eigenvalue weighted by atomic mass is 9.96. The molecule has 0 spiro atoms. The highest BCUT2D eigenvalue weighted by Crippen LogP contribution is 2.19. The van der Waals surface area contributed by atoms with Crippen molar-refractivity contribution in [2.45, 2.75) is 12.8 Å². The fraction of sp³-hybridized carbons (Fsp3) is 0.588. The molecule has 1 saturated heterocycles. The first-order chi connectivity index (χ1) is 10.1. The van der Waals surface area contributed by atoms with Crippen LogP contribution in [0.5, 0.6) is 5.75 Å². The van der Waals surface area contributed by atoms with Crippen molar-refractivity contribution >= 4 is 5.78 Å². The molecule has 0 N–H and O–H groups in total. The molecule has 4 nitrogen and oxygen atoms in total. The van der Waals surface area contributed by atoms with Gasteiger partial charge in [-0.1, -0.05) is 12.1 Å². The van der Waals surface area contributed by atoms with E-state index in [1.54, 1.807) is 7.11 Å². The molecule has 21 heavy (non-hydrogen) atoms. The molecule has 0 aliphatic carbocycles. The zero-order valence-electron chi connectivity index (χ0n) is 13.3. The van der Waals surface area contributed by atoms with E-state index in [0.29, 0.717) is 6.54 Å². The van der Waals surface area contributed by atoms with E-state index in [1.807, 2.05) is 24.3 Å². The van der Waals surface area contributed by atoms with E-state index in [-0.39, 0.29) is 5.78 Å². The van der Waals surface area contributed by atoms with Gasteiger partial charge in [0.05, 0.1) is 13.7 Å². The van der Waals surface area contributed by atoms with E-state index in [1.165, 1.54) is 12.8 Å². The Hall–Kier alpha value is -1.39. The van der Waals surface area contributed by atoms with Crippen LogP contribution in [0.1, 0.15) is 23.2 Å². The number of Topliss-reactive ketones (excluding diaryl/α,β-unsaturated/α-hetero) is 1. The van der Waals surface area contributed by atoms with Gasteiger partial charge in [-0.3, -0.25) is 9.69 Å². The molecule has 0 amide bonds. The molecule has 0 saturated carbocycles. The summed E-state index contributed by atoms with van der Waals surface area (Å²) in [5.41, 5.74) is 0.741. The van der Waals surface area contributed by atoms with Crippen molar-refractivity contribution in [1.29, 1.82) is 0 Å². The van der Waals surface area contributed by atoms with E-state index in [0.717, 1.165) is 36.9 Å². The van der Waals surface area contributed by atoms with Crippen LogP contribution in [0, 0.1) is 5.92 Å². The summed E-state index contributed by atoms with van der Waals surface area (Å²) in [5.74, 6) is 1.69. The Kier molecular flexibility index (Phi) is 5.76. The minimum atomic E-state index is 0.181. The van der Waals surface area contributed by atoms with Gasteiger partial charge >= 0.3 is 0 Å². The minimum absolute atomic E-state index is 0.181. The van der Waals surface area contributed by atoms with Crippen molar-refractivity contribution < 1.29 is 9.53 Å². The standard InChI is InChI=1S/C17H26N2O2/c1-18(2)12-14-7-9-19(10-8-14)13-17(20)15-5-4-6-16(11-15)21-3/h4-6,11,14H,7-10,12-13H2,1-3H3. The van der Waals surface area contributed by atoms with Crippen LogP contribution in [-0.2, 0) is 0 Å². The predicted molar refractivity (Wildman–Crippen MR) is 85.0 cm³/mol. The number of carbonyl (C=O) groups is 1. The molecule has 2 rings (SSSR count). The van der Waals surface area contributed by atoms with E-state index in [4.69, 9.17) is 4.74 Å². The first-order valence-electron chi connectivity index (χ1n) is 7.63. The normalized spacial score (nSPS) is 17.1. The molecule has 4 heteroatoms. The van der Waals surface area contributed by atoms with Gasteiger partial charge in [-0.25, -0.2) is 0 Å². The highest BCUT2D eigenvalue weighted by atomic mass is 16.5. The Bertz CT molecular complexity index is 466. The van der Waals surface area contributed by atoms with Crippen LogP contribution in [-0.4, -0.2) is 63.0 Å². The number of rotatable bonds is 6. The van der Waals surface area contributed by atoms with Crippen molar-refractivity contribution in [3.63, 3.8) is 0 Å². The first-order valence-corrected chi connectivity index (χ1v) is 7.63. The summed E-state index contributed by atoms with van der Waals surface area (Å²) < 4.78 is 5.18. The van der Waals surface area contributed by atoms with Crippen LogP contribution in [0.3, 0.4) is 0 Å². The number of carbonyl (C=O) groups excluding carboxylic acids is 1. The number of ether oxygens (including phenoxy) is 1. The monoisotopic (exact) mass is 290 g/mol. The smallest absolute Gasteiger partial charge is 0.176 e. The largest absolute Gasteiger partial charge is 0.497 e. The van der Waals surface area contributed by atoms with Gasteiger partial charge in [0.25, 0.3) is 0 Å².